The Bertz CT molecular complexity index is 1320. The van der Waals surface area contributed by atoms with Crippen LogP contribution in [0.15, 0.2) is 48.5 Å². The number of esters is 1. The van der Waals surface area contributed by atoms with Crippen molar-refractivity contribution in [3.8, 4) is 11.6 Å². The van der Waals surface area contributed by atoms with Gasteiger partial charge in [-0.15, -0.1) is 5.10 Å². The zero-order chi connectivity index (χ0) is 28.7. The van der Waals surface area contributed by atoms with Gasteiger partial charge >= 0.3 is 12.0 Å². The number of para-hydroxylation sites is 1. The standard InChI is InChI=1S/C28H33F2N5O5/c1-4-39-25-23(26(36)40-5-2)24(35(34-25)21-9-7-6-8-10-21)32-27(37)33-28(11-12-38-3)17-31-16-22(28)18-13-19(29)15-20(30)14-18/h6-10,13-15,22,31H,4-5,11-12,16-17H2,1-3H3,(H2,32,33,37)/t22-,28+/m0/s1. The highest BCUT2D eigenvalue weighted by Crippen LogP contribution is 2.36. The van der Waals surface area contributed by atoms with Crippen LogP contribution < -0.4 is 20.7 Å². The van der Waals surface area contributed by atoms with Gasteiger partial charge in [0.2, 0.25) is 5.88 Å². The molecule has 1 aromatic heterocycles. The molecule has 3 aromatic rings. The Hall–Kier alpha value is -4.03. The van der Waals surface area contributed by atoms with Crippen LogP contribution in [-0.2, 0) is 9.47 Å². The summed E-state index contributed by atoms with van der Waals surface area (Å²) in [5, 5.41) is 13.5. The molecule has 0 spiro atoms. The summed E-state index contributed by atoms with van der Waals surface area (Å²) in [5.74, 6) is -2.55. The Morgan fingerprint density at radius 2 is 1.85 bits per heavy atom. The number of hydrogen-bond donors (Lipinski definition) is 3. The molecule has 1 aliphatic rings. The molecule has 0 aliphatic carbocycles. The van der Waals surface area contributed by atoms with E-state index in [1.807, 2.05) is 6.07 Å². The lowest BCUT2D eigenvalue weighted by molar-refractivity contribution is 0.0523. The van der Waals surface area contributed by atoms with Gasteiger partial charge in [-0.2, -0.15) is 0 Å². The molecule has 0 unspecified atom stereocenters. The van der Waals surface area contributed by atoms with Crippen LogP contribution in [-0.4, -0.2) is 67.3 Å². The molecule has 1 fully saturated rings. The molecule has 3 N–H and O–H groups in total. The largest absolute Gasteiger partial charge is 0.476 e. The topological polar surface area (TPSA) is 116 Å². The molecular weight excluding hydrogens is 524 g/mol. The van der Waals surface area contributed by atoms with E-state index in [2.05, 4.69) is 21.0 Å². The van der Waals surface area contributed by atoms with Crippen LogP contribution in [0, 0.1) is 11.6 Å². The van der Waals surface area contributed by atoms with E-state index in [9.17, 15) is 18.4 Å². The second-order valence-electron chi connectivity index (χ2n) is 9.29. The van der Waals surface area contributed by atoms with Gasteiger partial charge in [0.1, 0.15) is 11.6 Å². The Kier molecular flexibility index (Phi) is 9.33. The van der Waals surface area contributed by atoms with Gasteiger partial charge in [-0.25, -0.2) is 23.1 Å². The maximum Gasteiger partial charge on any atom is 0.347 e. The van der Waals surface area contributed by atoms with Gasteiger partial charge in [-0.1, -0.05) is 18.2 Å². The number of ether oxygens (including phenoxy) is 3. The average Bonchev–Trinajstić information content (AvgIpc) is 3.49. The Morgan fingerprint density at radius 1 is 1.12 bits per heavy atom. The Balaban J connectivity index is 1.73. The average molecular weight is 558 g/mol. The first kappa shape index (κ1) is 29.0. The summed E-state index contributed by atoms with van der Waals surface area (Å²) in [6, 6.07) is 11.6. The van der Waals surface area contributed by atoms with Crippen molar-refractivity contribution in [3.63, 3.8) is 0 Å². The number of methoxy groups -OCH3 is 1. The van der Waals surface area contributed by atoms with Gasteiger partial charge in [-0.3, -0.25) is 5.32 Å². The summed E-state index contributed by atoms with van der Waals surface area (Å²) in [6.07, 6.45) is 0.347. The SMILES string of the molecule is CCOC(=O)c1c(OCC)nn(-c2ccccc2)c1NC(=O)N[C@]1(CCOC)CNC[C@H]1c1cc(F)cc(F)c1. The van der Waals surface area contributed by atoms with E-state index in [4.69, 9.17) is 14.2 Å². The van der Waals surface area contributed by atoms with Crippen molar-refractivity contribution >= 4 is 17.8 Å². The summed E-state index contributed by atoms with van der Waals surface area (Å²) in [6.45, 7) is 4.71. The molecule has 0 saturated carbocycles. The van der Waals surface area contributed by atoms with Gasteiger partial charge in [-0.05, 0) is 50.1 Å². The number of hydrogen-bond acceptors (Lipinski definition) is 7. The highest BCUT2D eigenvalue weighted by atomic mass is 19.1. The first-order valence-electron chi connectivity index (χ1n) is 13.0. The first-order chi connectivity index (χ1) is 19.3. The molecule has 4 rings (SSSR count). The van der Waals surface area contributed by atoms with Crippen molar-refractivity contribution in [1.82, 2.24) is 20.4 Å². The highest BCUT2D eigenvalue weighted by molar-refractivity contribution is 6.02. The van der Waals surface area contributed by atoms with Crippen molar-refractivity contribution < 1.29 is 32.6 Å². The molecule has 2 amide bonds. The van der Waals surface area contributed by atoms with Crippen LogP contribution in [0.1, 0.15) is 42.1 Å². The third-order valence-electron chi connectivity index (χ3n) is 6.70. The summed E-state index contributed by atoms with van der Waals surface area (Å²) in [5.41, 5.74) is -0.0369. The number of carbonyl (C=O) groups is 2. The number of rotatable bonds is 11. The number of nitrogens with zero attached hydrogens (tertiary/aromatic N) is 2. The van der Waals surface area contributed by atoms with E-state index >= 15 is 0 Å². The minimum absolute atomic E-state index is 0.00449. The molecule has 10 nitrogen and oxygen atoms in total. The van der Waals surface area contributed by atoms with Crippen molar-refractivity contribution in [2.24, 2.45) is 0 Å². The Labute approximate surface area is 231 Å². The maximum absolute atomic E-state index is 14.1. The minimum atomic E-state index is -0.967. The molecule has 214 valence electrons. The third-order valence-corrected chi connectivity index (χ3v) is 6.70. The lowest BCUT2D eigenvalue weighted by atomic mass is 9.79. The van der Waals surface area contributed by atoms with Gasteiger partial charge in [0.05, 0.1) is 24.4 Å². The molecule has 1 aliphatic heterocycles. The van der Waals surface area contributed by atoms with Crippen LogP contribution in [0.2, 0.25) is 0 Å². The second-order valence-corrected chi connectivity index (χ2v) is 9.29. The number of benzene rings is 2. The van der Waals surface area contributed by atoms with Crippen LogP contribution in [0.25, 0.3) is 5.69 Å². The Morgan fingerprint density at radius 3 is 2.50 bits per heavy atom. The summed E-state index contributed by atoms with van der Waals surface area (Å²) >= 11 is 0. The lowest BCUT2D eigenvalue weighted by Gasteiger charge is -2.36. The van der Waals surface area contributed by atoms with Crippen LogP contribution in [0.5, 0.6) is 5.88 Å². The van der Waals surface area contributed by atoms with Crippen molar-refractivity contribution in [1.29, 1.82) is 0 Å². The smallest absolute Gasteiger partial charge is 0.347 e. The van der Waals surface area contributed by atoms with Gasteiger partial charge in [0.15, 0.2) is 11.4 Å². The minimum Gasteiger partial charge on any atom is -0.476 e. The molecule has 2 aromatic carbocycles. The molecule has 2 heterocycles. The van der Waals surface area contributed by atoms with Gasteiger partial charge in [0.25, 0.3) is 0 Å². The summed E-state index contributed by atoms with van der Waals surface area (Å²) < 4.78 is 45.9. The van der Waals surface area contributed by atoms with Crippen LogP contribution in [0.3, 0.4) is 0 Å². The third kappa shape index (κ3) is 6.23. The zero-order valence-corrected chi connectivity index (χ0v) is 22.6. The van der Waals surface area contributed by atoms with E-state index in [1.165, 1.54) is 23.9 Å². The molecule has 0 bridgehead atoms. The van der Waals surface area contributed by atoms with E-state index in [0.717, 1.165) is 6.07 Å². The van der Waals surface area contributed by atoms with Crippen LogP contribution >= 0.6 is 0 Å². The normalized spacial score (nSPS) is 18.4. The maximum atomic E-state index is 14.1. The zero-order valence-electron chi connectivity index (χ0n) is 22.6. The number of carbonyl (C=O) groups excluding carboxylic acids is 2. The molecule has 1 saturated heterocycles. The van der Waals surface area contributed by atoms with Crippen LogP contribution in [0.4, 0.5) is 19.4 Å². The highest BCUT2D eigenvalue weighted by Gasteiger charge is 2.45. The number of anilines is 1. The summed E-state index contributed by atoms with van der Waals surface area (Å²) in [7, 11) is 1.53. The first-order valence-corrected chi connectivity index (χ1v) is 13.0. The molecule has 2 atom stereocenters. The monoisotopic (exact) mass is 557 g/mol. The van der Waals surface area contributed by atoms with E-state index in [1.54, 1.807) is 38.1 Å². The van der Waals surface area contributed by atoms with E-state index < -0.39 is 35.1 Å². The molecule has 0 radical (unpaired) electrons. The number of aromatic nitrogens is 2. The lowest BCUT2D eigenvalue weighted by Crippen LogP contribution is -2.55. The van der Waals surface area contributed by atoms with E-state index in [0.29, 0.717) is 30.8 Å². The second kappa shape index (κ2) is 12.9. The predicted molar refractivity (Wildman–Crippen MR) is 144 cm³/mol. The molecular formula is C28H33F2N5O5. The van der Waals surface area contributed by atoms with Crippen molar-refractivity contribution in [3.05, 3.63) is 71.3 Å². The molecule has 40 heavy (non-hydrogen) atoms. The number of halogens is 2. The summed E-state index contributed by atoms with van der Waals surface area (Å²) in [4.78, 5) is 26.7. The number of amides is 2. The fourth-order valence-electron chi connectivity index (χ4n) is 4.97. The number of urea groups is 1. The number of nitrogens with one attached hydrogen (secondary N) is 3. The quantitative estimate of drug-likeness (QED) is 0.305. The van der Waals surface area contributed by atoms with Gasteiger partial charge in [0, 0.05) is 38.8 Å². The van der Waals surface area contributed by atoms with Crippen molar-refractivity contribution in [2.75, 3.05) is 45.3 Å². The molecule has 12 heteroatoms. The van der Waals surface area contributed by atoms with E-state index in [-0.39, 0.29) is 37.1 Å². The predicted octanol–water partition coefficient (Wildman–Crippen LogP) is 4.01. The van der Waals surface area contributed by atoms with Gasteiger partial charge < -0.3 is 24.8 Å². The fraction of sp³-hybridized carbons (Fsp3) is 0.393. The fourth-order valence-corrected chi connectivity index (χ4v) is 4.97. The van der Waals surface area contributed by atoms with Crippen molar-refractivity contribution in [2.45, 2.75) is 31.7 Å².